The second-order valence-corrected chi connectivity index (χ2v) is 16.8. The van der Waals surface area contributed by atoms with Gasteiger partial charge in [-0.2, -0.15) is 5.10 Å². The summed E-state index contributed by atoms with van der Waals surface area (Å²) in [5, 5.41) is 4.57. The molecule has 0 amide bonds. The Hall–Kier alpha value is -3.41. The second kappa shape index (κ2) is 14.8. The van der Waals surface area contributed by atoms with Crippen LogP contribution in [0.1, 0.15) is 135 Å². The van der Waals surface area contributed by atoms with Gasteiger partial charge in [0.1, 0.15) is 0 Å². The monoisotopic (exact) mass is 663 g/mol. The summed E-state index contributed by atoms with van der Waals surface area (Å²) >= 11 is 0. The van der Waals surface area contributed by atoms with Crippen molar-refractivity contribution >= 4 is 5.95 Å². The molecule has 2 aromatic heterocycles. The summed E-state index contributed by atoms with van der Waals surface area (Å²) in [6.07, 6.45) is 20.1. The Balaban J connectivity index is 0.000000459. The van der Waals surface area contributed by atoms with Gasteiger partial charge >= 0.3 is 0 Å². The molecule has 4 aliphatic carbocycles. The topological polar surface area (TPSA) is 50.1 Å². The molecule has 8 rings (SSSR count). The lowest BCUT2D eigenvalue weighted by atomic mass is 9.51. The lowest BCUT2D eigenvalue weighted by molar-refractivity contribution is 0.0458. The van der Waals surface area contributed by atoms with E-state index < -0.39 is 0 Å². The molecule has 1 saturated heterocycles. The number of rotatable bonds is 10. The first kappa shape index (κ1) is 35.4. The Morgan fingerprint density at radius 3 is 2.10 bits per heavy atom. The fraction of sp³-hybridized carbons (Fsp3) is 0.605. The van der Waals surface area contributed by atoms with Crippen molar-refractivity contribution in [2.24, 2.45) is 17.3 Å². The molecule has 6 heteroatoms. The van der Waals surface area contributed by atoms with Crippen LogP contribution >= 0.6 is 0 Å². The average Bonchev–Trinajstić information content (AvgIpc) is 3.62. The van der Waals surface area contributed by atoms with Crippen molar-refractivity contribution in [3.8, 4) is 11.3 Å². The van der Waals surface area contributed by atoms with Crippen LogP contribution < -0.4 is 4.90 Å². The Kier molecular flexibility index (Phi) is 10.7. The first-order valence-electron chi connectivity index (χ1n) is 19.3. The van der Waals surface area contributed by atoms with Crippen molar-refractivity contribution in [3.63, 3.8) is 0 Å². The molecule has 1 aliphatic heterocycles. The largest absolute Gasteiger partial charge is 0.375 e. The first-order valence-corrected chi connectivity index (χ1v) is 19.3. The minimum absolute atomic E-state index is 0.305. The number of nitrogens with zero attached hydrogens (tertiary/aromatic N) is 6. The van der Waals surface area contributed by atoms with Crippen molar-refractivity contribution in [1.82, 2.24) is 24.6 Å². The molecule has 0 unspecified atom stereocenters. The molecule has 2 bridgehead atoms. The van der Waals surface area contributed by atoms with Crippen LogP contribution in [0.5, 0.6) is 0 Å². The molecular formula is C43H62N6. The van der Waals surface area contributed by atoms with E-state index in [-0.39, 0.29) is 0 Å². The molecule has 0 spiro atoms. The highest BCUT2D eigenvalue weighted by Gasteiger charge is 2.50. The molecule has 5 fully saturated rings. The summed E-state index contributed by atoms with van der Waals surface area (Å²) < 4.78 is 2.00. The second-order valence-electron chi connectivity index (χ2n) is 16.8. The van der Waals surface area contributed by atoms with Gasteiger partial charge in [-0.15, -0.1) is 0 Å². The number of benzene rings is 1. The van der Waals surface area contributed by atoms with E-state index >= 15 is 0 Å². The fourth-order valence-corrected chi connectivity index (χ4v) is 8.85. The molecule has 0 atom stereocenters. The summed E-state index contributed by atoms with van der Waals surface area (Å²) in [5.41, 5.74) is 8.11. The van der Waals surface area contributed by atoms with Crippen molar-refractivity contribution in [3.05, 3.63) is 84.6 Å². The third-order valence-electron chi connectivity index (χ3n) is 12.4. The van der Waals surface area contributed by atoms with Crippen LogP contribution in [0.4, 0.5) is 5.95 Å². The Labute approximate surface area is 297 Å². The highest BCUT2D eigenvalue weighted by Crippen LogP contribution is 2.58. The average molecular weight is 663 g/mol. The lowest BCUT2D eigenvalue weighted by Crippen LogP contribution is -2.50. The predicted octanol–water partition coefficient (Wildman–Crippen LogP) is 10.7. The zero-order valence-electron chi connectivity index (χ0n) is 31.4. The molecule has 49 heavy (non-hydrogen) atoms. The number of likely N-dealkylation sites (tertiary alicyclic amines) is 1. The van der Waals surface area contributed by atoms with Crippen LogP contribution in [0.15, 0.2) is 73.5 Å². The molecule has 264 valence electrons. The summed E-state index contributed by atoms with van der Waals surface area (Å²) in [7, 11) is 0. The highest BCUT2D eigenvalue weighted by atomic mass is 15.3. The zero-order chi connectivity index (χ0) is 34.8. The van der Waals surface area contributed by atoms with Crippen molar-refractivity contribution in [2.45, 2.75) is 130 Å². The van der Waals surface area contributed by atoms with Gasteiger partial charge in [0.15, 0.2) is 0 Å². The number of fused-ring (bicyclic) bond motifs is 3. The maximum Gasteiger partial charge on any atom is 0.230 e. The normalized spacial score (nSPS) is 24.0. The number of anilines is 1. The third kappa shape index (κ3) is 7.84. The van der Waals surface area contributed by atoms with Gasteiger partial charge in [0.25, 0.3) is 0 Å². The van der Waals surface area contributed by atoms with Gasteiger partial charge in [-0.05, 0) is 118 Å². The van der Waals surface area contributed by atoms with E-state index in [1.165, 1.54) is 101 Å². The maximum atomic E-state index is 5.16. The van der Waals surface area contributed by atoms with Crippen molar-refractivity contribution < 1.29 is 0 Å². The molecule has 5 aliphatic rings. The van der Waals surface area contributed by atoms with E-state index in [2.05, 4.69) is 93.5 Å². The molecule has 0 N–H and O–H groups in total. The minimum Gasteiger partial charge on any atom is -0.375 e. The number of hydrogen-bond acceptors (Lipinski definition) is 5. The summed E-state index contributed by atoms with van der Waals surface area (Å²) in [6, 6.07) is 12.0. The van der Waals surface area contributed by atoms with Gasteiger partial charge in [-0.1, -0.05) is 77.5 Å². The van der Waals surface area contributed by atoms with Gasteiger partial charge in [0.2, 0.25) is 5.95 Å². The smallest absolute Gasteiger partial charge is 0.230 e. The zero-order valence-corrected chi connectivity index (χ0v) is 31.4. The number of hydrogen-bond donors (Lipinski definition) is 0. The van der Waals surface area contributed by atoms with Crippen LogP contribution in [-0.2, 0) is 5.41 Å². The molecule has 1 aromatic carbocycles. The van der Waals surface area contributed by atoms with Crippen LogP contribution in [0.2, 0.25) is 0 Å². The third-order valence-corrected chi connectivity index (χ3v) is 12.4. The van der Waals surface area contributed by atoms with Crippen LogP contribution in [-0.4, -0.2) is 44.3 Å². The Morgan fingerprint density at radius 2 is 1.57 bits per heavy atom. The molecule has 3 aromatic rings. The Morgan fingerprint density at radius 1 is 0.918 bits per heavy atom. The number of aromatic nitrogens is 4. The number of allylic oxidation sites excluding steroid dienone is 2. The van der Waals surface area contributed by atoms with Crippen LogP contribution in [0.25, 0.3) is 11.3 Å². The molecule has 0 radical (unpaired) electrons. The summed E-state index contributed by atoms with van der Waals surface area (Å²) in [6.45, 7) is 25.2. The van der Waals surface area contributed by atoms with Crippen LogP contribution in [0, 0.1) is 17.3 Å². The van der Waals surface area contributed by atoms with Gasteiger partial charge < -0.3 is 9.80 Å². The van der Waals surface area contributed by atoms with Crippen molar-refractivity contribution in [2.75, 3.05) is 24.5 Å². The fourth-order valence-electron chi connectivity index (χ4n) is 8.85. The highest BCUT2D eigenvalue weighted by molar-refractivity contribution is 5.59. The van der Waals surface area contributed by atoms with E-state index in [9.17, 15) is 0 Å². The molecular weight excluding hydrogens is 601 g/mol. The molecule has 3 heterocycles. The maximum absolute atomic E-state index is 5.16. The van der Waals surface area contributed by atoms with E-state index in [4.69, 9.17) is 16.5 Å². The van der Waals surface area contributed by atoms with Gasteiger partial charge in [-0.25, -0.2) is 9.97 Å². The van der Waals surface area contributed by atoms with Gasteiger partial charge in [0.05, 0.1) is 11.9 Å². The molecule has 6 nitrogen and oxygen atoms in total. The van der Waals surface area contributed by atoms with E-state index in [1.807, 2.05) is 23.1 Å². The van der Waals surface area contributed by atoms with Crippen LogP contribution in [0.3, 0.4) is 0 Å². The predicted molar refractivity (Wildman–Crippen MR) is 205 cm³/mol. The van der Waals surface area contributed by atoms with Crippen molar-refractivity contribution in [1.29, 1.82) is 0 Å². The quantitative estimate of drug-likeness (QED) is 0.216. The minimum atomic E-state index is 0.305. The molecule has 4 saturated carbocycles. The summed E-state index contributed by atoms with van der Waals surface area (Å²) in [5.74, 6) is 2.83. The van der Waals surface area contributed by atoms with Gasteiger partial charge in [-0.3, -0.25) is 4.68 Å². The van der Waals surface area contributed by atoms with E-state index in [1.54, 1.807) is 5.56 Å². The Bertz CT molecular complexity index is 1540. The summed E-state index contributed by atoms with van der Waals surface area (Å²) in [4.78, 5) is 14.8. The first-order chi connectivity index (χ1) is 23.5. The van der Waals surface area contributed by atoms with E-state index in [0.29, 0.717) is 28.7 Å². The van der Waals surface area contributed by atoms with E-state index in [0.717, 1.165) is 29.7 Å². The van der Waals surface area contributed by atoms with Gasteiger partial charge in [0, 0.05) is 55.0 Å². The SMILES string of the molecule is C=C(C)N1CC(C)C1.C=C(C1CCCCC1)N(CC12CCC(c3ccc(C(C)C)cc3)(CC1)CC2)c1nccc(-c2cnn(C(C)C)c2)n1. The lowest BCUT2D eigenvalue weighted by Gasteiger charge is -2.55. The standard InChI is InChI=1S/C36H49N5.C7H13N/c1-26(2)29-11-13-32(14-12-29)36-19-16-35(17-20-36,18-21-36)25-40(28(5)30-9-7-6-8-10-30)34-37-22-15-33(39-34)31-23-38-41(24-31)27(3)4;1-6(2)8-4-7(3)5-8/h11-15,22-24,26-27,30H,5-10,16-21,25H2,1-4H3;7H,1,4-5H2,2-3H3.